The van der Waals surface area contributed by atoms with Crippen molar-refractivity contribution in [2.75, 3.05) is 10.6 Å². The fraction of sp³-hybridized carbons (Fsp3) is 0.0909. The molecule has 6 nitrogen and oxygen atoms in total. The highest BCUT2D eigenvalue weighted by Crippen LogP contribution is 2.21. The van der Waals surface area contributed by atoms with E-state index in [1.165, 1.54) is 5.56 Å². The van der Waals surface area contributed by atoms with Crippen molar-refractivity contribution in [2.24, 2.45) is 0 Å². The Labute approximate surface area is 162 Å². The number of hydrogen-bond acceptors (Lipinski definition) is 5. The van der Waals surface area contributed by atoms with Gasteiger partial charge in [0.15, 0.2) is 0 Å². The van der Waals surface area contributed by atoms with Gasteiger partial charge in [0.1, 0.15) is 5.69 Å². The molecule has 0 atom stereocenters. The van der Waals surface area contributed by atoms with Crippen molar-refractivity contribution in [3.05, 3.63) is 83.8 Å². The van der Waals surface area contributed by atoms with E-state index in [1.807, 2.05) is 68.4 Å². The lowest BCUT2D eigenvalue weighted by molar-refractivity contribution is 0.102. The Morgan fingerprint density at radius 2 is 1.71 bits per heavy atom. The zero-order valence-corrected chi connectivity index (χ0v) is 15.6. The number of anilines is 3. The molecule has 0 aliphatic carbocycles. The number of carbonyl (C=O) groups is 1. The Morgan fingerprint density at radius 3 is 2.54 bits per heavy atom. The monoisotopic (exact) mass is 369 g/mol. The minimum Gasteiger partial charge on any atom is -0.324 e. The number of benzene rings is 2. The molecule has 0 spiro atoms. The van der Waals surface area contributed by atoms with Crippen molar-refractivity contribution < 1.29 is 4.79 Å². The number of nitrogens with zero attached hydrogens (tertiary/aromatic N) is 3. The topological polar surface area (TPSA) is 79.8 Å². The van der Waals surface area contributed by atoms with Crippen LogP contribution in [0, 0.1) is 13.8 Å². The van der Waals surface area contributed by atoms with Crippen LogP contribution in [-0.2, 0) is 0 Å². The molecule has 2 aromatic heterocycles. The molecule has 1 amide bonds. The molecule has 0 unspecified atom stereocenters. The third-order valence-corrected chi connectivity index (χ3v) is 4.28. The van der Waals surface area contributed by atoms with Gasteiger partial charge in [-0.05, 0) is 44.2 Å². The summed E-state index contributed by atoms with van der Waals surface area (Å²) in [7, 11) is 0. The first-order chi connectivity index (χ1) is 13.6. The number of amides is 1. The van der Waals surface area contributed by atoms with Crippen LogP contribution in [0.25, 0.3) is 10.9 Å². The van der Waals surface area contributed by atoms with E-state index in [9.17, 15) is 4.79 Å². The maximum atomic E-state index is 12.8. The Balaban J connectivity index is 1.60. The Morgan fingerprint density at radius 1 is 0.929 bits per heavy atom. The molecule has 28 heavy (non-hydrogen) atoms. The minimum absolute atomic E-state index is 0.287. The summed E-state index contributed by atoms with van der Waals surface area (Å²) < 4.78 is 0. The molecule has 4 rings (SSSR count). The number of hydrogen-bond donors (Lipinski definition) is 2. The Bertz CT molecular complexity index is 1150. The number of pyridine rings is 1. The maximum Gasteiger partial charge on any atom is 0.274 e. The first kappa shape index (κ1) is 17.6. The van der Waals surface area contributed by atoms with Gasteiger partial charge in [-0.1, -0.05) is 35.9 Å². The predicted molar refractivity (Wildman–Crippen MR) is 111 cm³/mol. The summed E-state index contributed by atoms with van der Waals surface area (Å²) in [4.78, 5) is 25.9. The molecule has 4 aromatic rings. The fourth-order valence-electron chi connectivity index (χ4n) is 2.90. The number of para-hydroxylation sites is 1. The quantitative estimate of drug-likeness (QED) is 0.548. The summed E-state index contributed by atoms with van der Waals surface area (Å²) >= 11 is 0. The smallest absolute Gasteiger partial charge is 0.274 e. The molecule has 0 fully saturated rings. The fourth-order valence-corrected chi connectivity index (χ4v) is 2.90. The van der Waals surface area contributed by atoms with Crippen LogP contribution < -0.4 is 10.6 Å². The zero-order valence-electron chi connectivity index (χ0n) is 15.6. The molecule has 0 bridgehead atoms. The van der Waals surface area contributed by atoms with Gasteiger partial charge in [-0.2, -0.15) is 0 Å². The highest BCUT2D eigenvalue weighted by Gasteiger charge is 2.13. The summed E-state index contributed by atoms with van der Waals surface area (Å²) in [6.45, 7) is 3.86. The molecule has 2 aromatic carbocycles. The standard InChI is InChI=1S/C22H19N5O/c1-14-8-10-17(11-9-14)25-22-24-15(2)13-19(27-22)21(28)26-18-7-3-5-16-6-4-12-23-20(16)18/h3-13H,1-2H3,(H,26,28)(H,24,25,27). The van der Waals surface area contributed by atoms with Gasteiger partial charge in [0, 0.05) is 23.0 Å². The molecular weight excluding hydrogens is 350 g/mol. The molecule has 0 aliphatic heterocycles. The molecule has 6 heteroatoms. The lowest BCUT2D eigenvalue weighted by atomic mass is 10.2. The van der Waals surface area contributed by atoms with Gasteiger partial charge in [0.05, 0.1) is 11.2 Å². The van der Waals surface area contributed by atoms with E-state index in [4.69, 9.17) is 0 Å². The second-order valence-corrected chi connectivity index (χ2v) is 6.54. The first-order valence-corrected chi connectivity index (χ1v) is 8.93. The van der Waals surface area contributed by atoms with Crippen LogP contribution in [0.4, 0.5) is 17.3 Å². The number of carbonyl (C=O) groups excluding carboxylic acids is 1. The van der Waals surface area contributed by atoms with Crippen molar-refractivity contribution in [1.29, 1.82) is 0 Å². The maximum absolute atomic E-state index is 12.8. The van der Waals surface area contributed by atoms with E-state index in [-0.39, 0.29) is 11.6 Å². The van der Waals surface area contributed by atoms with Gasteiger partial charge >= 0.3 is 0 Å². The SMILES string of the molecule is Cc1ccc(Nc2nc(C)cc(C(=O)Nc3cccc4cccnc34)n2)cc1. The third kappa shape index (κ3) is 3.81. The predicted octanol–water partition coefficient (Wildman–Crippen LogP) is 4.64. The summed E-state index contributed by atoms with van der Waals surface area (Å²) in [5.41, 5.74) is 4.40. The van der Waals surface area contributed by atoms with Crippen LogP contribution in [-0.4, -0.2) is 20.9 Å². The third-order valence-electron chi connectivity index (χ3n) is 4.28. The second kappa shape index (κ2) is 7.44. The Kier molecular flexibility index (Phi) is 4.68. The van der Waals surface area contributed by atoms with Gasteiger partial charge in [-0.3, -0.25) is 9.78 Å². The molecular formula is C22H19N5O. The van der Waals surface area contributed by atoms with Crippen LogP contribution in [0.3, 0.4) is 0 Å². The zero-order chi connectivity index (χ0) is 19.5. The molecule has 0 saturated heterocycles. The first-order valence-electron chi connectivity index (χ1n) is 8.93. The van der Waals surface area contributed by atoms with Crippen molar-refractivity contribution in [3.8, 4) is 0 Å². The van der Waals surface area contributed by atoms with Crippen LogP contribution in [0.1, 0.15) is 21.7 Å². The second-order valence-electron chi connectivity index (χ2n) is 6.54. The van der Waals surface area contributed by atoms with Gasteiger partial charge < -0.3 is 10.6 Å². The van der Waals surface area contributed by atoms with Gasteiger partial charge in [-0.15, -0.1) is 0 Å². The van der Waals surface area contributed by atoms with Crippen LogP contribution in [0.5, 0.6) is 0 Å². The Hall–Kier alpha value is -3.80. The van der Waals surface area contributed by atoms with E-state index in [0.29, 0.717) is 17.3 Å². The van der Waals surface area contributed by atoms with Gasteiger partial charge in [0.25, 0.3) is 5.91 Å². The summed E-state index contributed by atoms with van der Waals surface area (Å²) in [5, 5.41) is 7.01. The van der Waals surface area contributed by atoms with E-state index in [0.717, 1.165) is 16.6 Å². The van der Waals surface area contributed by atoms with E-state index >= 15 is 0 Å². The van der Waals surface area contributed by atoms with Crippen molar-refractivity contribution in [1.82, 2.24) is 15.0 Å². The number of aromatic nitrogens is 3. The van der Waals surface area contributed by atoms with E-state index < -0.39 is 0 Å². The van der Waals surface area contributed by atoms with Crippen molar-refractivity contribution in [2.45, 2.75) is 13.8 Å². The average Bonchev–Trinajstić information content (AvgIpc) is 2.69. The number of fused-ring (bicyclic) bond motifs is 1. The van der Waals surface area contributed by atoms with Crippen LogP contribution in [0.2, 0.25) is 0 Å². The highest BCUT2D eigenvalue weighted by atomic mass is 16.1. The van der Waals surface area contributed by atoms with E-state index in [2.05, 4.69) is 25.6 Å². The van der Waals surface area contributed by atoms with Gasteiger partial charge in [-0.25, -0.2) is 9.97 Å². The molecule has 2 N–H and O–H groups in total. The van der Waals surface area contributed by atoms with Crippen molar-refractivity contribution in [3.63, 3.8) is 0 Å². The lowest BCUT2D eigenvalue weighted by Crippen LogP contribution is -2.16. The molecule has 2 heterocycles. The minimum atomic E-state index is -0.310. The number of rotatable bonds is 4. The summed E-state index contributed by atoms with van der Waals surface area (Å²) in [5.74, 6) is 0.0701. The molecule has 0 radical (unpaired) electrons. The van der Waals surface area contributed by atoms with Crippen LogP contribution in [0.15, 0.2) is 66.9 Å². The molecule has 0 saturated carbocycles. The molecule has 138 valence electrons. The van der Waals surface area contributed by atoms with Gasteiger partial charge in [0.2, 0.25) is 5.95 Å². The number of aryl methyl sites for hydroxylation is 2. The summed E-state index contributed by atoms with van der Waals surface area (Å²) in [6.07, 6.45) is 1.70. The summed E-state index contributed by atoms with van der Waals surface area (Å²) in [6, 6.07) is 19.0. The lowest BCUT2D eigenvalue weighted by Gasteiger charge is -2.10. The highest BCUT2D eigenvalue weighted by molar-refractivity contribution is 6.07. The van der Waals surface area contributed by atoms with E-state index in [1.54, 1.807) is 12.3 Å². The average molecular weight is 369 g/mol. The van der Waals surface area contributed by atoms with Crippen LogP contribution >= 0.6 is 0 Å². The molecule has 0 aliphatic rings. The normalized spacial score (nSPS) is 10.6. The number of nitrogens with one attached hydrogen (secondary N) is 2. The van der Waals surface area contributed by atoms with Crippen molar-refractivity contribution >= 4 is 34.1 Å². The largest absolute Gasteiger partial charge is 0.324 e.